The second-order valence-corrected chi connectivity index (χ2v) is 5.20. The van der Waals surface area contributed by atoms with Gasteiger partial charge in [-0.1, -0.05) is 11.6 Å². The number of methoxy groups -OCH3 is 1. The van der Waals surface area contributed by atoms with E-state index in [4.69, 9.17) is 22.1 Å². The van der Waals surface area contributed by atoms with Gasteiger partial charge >= 0.3 is 0 Å². The summed E-state index contributed by atoms with van der Waals surface area (Å²) in [7, 11) is 1.68. The fraction of sp³-hybridized carbons (Fsp3) is 0.538. The van der Waals surface area contributed by atoms with Crippen molar-refractivity contribution in [2.75, 3.05) is 7.11 Å². The third-order valence-corrected chi connectivity index (χ3v) is 3.62. The van der Waals surface area contributed by atoms with Crippen molar-refractivity contribution >= 4 is 11.6 Å². The Balaban J connectivity index is 2.17. The van der Waals surface area contributed by atoms with Crippen LogP contribution in [0, 0.1) is 6.92 Å². The lowest BCUT2D eigenvalue weighted by molar-refractivity contribution is 0.407. The monoisotopic (exact) mass is 239 g/mol. The number of halogens is 1. The Morgan fingerprint density at radius 2 is 2.12 bits per heavy atom. The van der Waals surface area contributed by atoms with E-state index in [-0.39, 0.29) is 5.54 Å². The molecule has 0 amide bonds. The largest absolute Gasteiger partial charge is 0.496 e. The summed E-state index contributed by atoms with van der Waals surface area (Å²) in [6.07, 6.45) is 4.17. The second-order valence-electron chi connectivity index (χ2n) is 4.79. The lowest BCUT2D eigenvalue weighted by Gasteiger charge is -2.14. The van der Waals surface area contributed by atoms with Crippen molar-refractivity contribution in [2.45, 2.75) is 38.1 Å². The Kier molecular flexibility index (Phi) is 3.13. The van der Waals surface area contributed by atoms with Gasteiger partial charge in [0.15, 0.2) is 0 Å². The second kappa shape index (κ2) is 4.27. The zero-order valence-electron chi connectivity index (χ0n) is 9.85. The smallest absolute Gasteiger partial charge is 0.123 e. The molecule has 0 spiro atoms. The average Bonchev–Trinajstić information content (AvgIpc) is 2.94. The van der Waals surface area contributed by atoms with E-state index in [1.54, 1.807) is 7.11 Å². The minimum atomic E-state index is 0.0687. The Bertz CT molecular complexity index is 399. The lowest BCUT2D eigenvalue weighted by atomic mass is 10.0. The van der Waals surface area contributed by atoms with Gasteiger partial charge in [-0.15, -0.1) is 0 Å². The van der Waals surface area contributed by atoms with Gasteiger partial charge in [0.25, 0.3) is 0 Å². The number of ether oxygens (including phenoxy) is 1. The predicted molar refractivity (Wildman–Crippen MR) is 67.2 cm³/mol. The van der Waals surface area contributed by atoms with E-state index in [1.165, 1.54) is 0 Å². The molecule has 0 atom stereocenters. The van der Waals surface area contributed by atoms with Crippen LogP contribution in [0.2, 0.25) is 5.02 Å². The van der Waals surface area contributed by atoms with Crippen LogP contribution in [0.15, 0.2) is 12.1 Å². The number of rotatable bonds is 4. The lowest BCUT2D eigenvalue weighted by Crippen LogP contribution is -2.22. The summed E-state index contributed by atoms with van der Waals surface area (Å²) < 4.78 is 5.37. The van der Waals surface area contributed by atoms with Crippen molar-refractivity contribution in [3.63, 3.8) is 0 Å². The highest BCUT2D eigenvalue weighted by atomic mass is 35.5. The van der Waals surface area contributed by atoms with Crippen molar-refractivity contribution in [3.8, 4) is 5.75 Å². The average molecular weight is 240 g/mol. The number of nitrogens with two attached hydrogens (primary N) is 1. The van der Waals surface area contributed by atoms with Crippen LogP contribution in [0.4, 0.5) is 0 Å². The van der Waals surface area contributed by atoms with Gasteiger partial charge in [-0.3, -0.25) is 0 Å². The van der Waals surface area contributed by atoms with Gasteiger partial charge in [-0.05, 0) is 50.3 Å². The van der Waals surface area contributed by atoms with Crippen LogP contribution in [0.3, 0.4) is 0 Å². The van der Waals surface area contributed by atoms with Crippen LogP contribution in [0.5, 0.6) is 5.75 Å². The van der Waals surface area contributed by atoms with Crippen LogP contribution in [0.25, 0.3) is 0 Å². The summed E-state index contributed by atoms with van der Waals surface area (Å²) in [6.45, 7) is 2.02. The Labute approximate surface area is 102 Å². The molecule has 0 aromatic heterocycles. The maximum atomic E-state index is 6.24. The highest BCUT2D eigenvalue weighted by Gasteiger charge is 2.37. The topological polar surface area (TPSA) is 35.2 Å². The molecule has 3 heteroatoms. The van der Waals surface area contributed by atoms with Gasteiger partial charge < -0.3 is 10.5 Å². The minimum absolute atomic E-state index is 0.0687. The third kappa shape index (κ3) is 2.50. The van der Waals surface area contributed by atoms with Crippen molar-refractivity contribution in [3.05, 3.63) is 28.3 Å². The quantitative estimate of drug-likeness (QED) is 0.877. The Hall–Kier alpha value is -0.730. The summed E-state index contributed by atoms with van der Waals surface area (Å²) in [4.78, 5) is 0. The molecule has 0 aliphatic heterocycles. The molecule has 1 aliphatic rings. The molecule has 0 saturated heterocycles. The summed E-state index contributed by atoms with van der Waals surface area (Å²) in [5.41, 5.74) is 8.36. The van der Waals surface area contributed by atoms with Crippen LogP contribution < -0.4 is 10.5 Å². The molecule has 2 N–H and O–H groups in total. The highest BCUT2D eigenvalue weighted by Crippen LogP contribution is 2.39. The Morgan fingerprint density at radius 3 is 2.69 bits per heavy atom. The molecule has 16 heavy (non-hydrogen) atoms. The first-order valence-electron chi connectivity index (χ1n) is 5.66. The number of aryl methyl sites for hydroxylation is 1. The van der Waals surface area contributed by atoms with E-state index in [0.29, 0.717) is 0 Å². The molecular weight excluding hydrogens is 222 g/mol. The van der Waals surface area contributed by atoms with Crippen molar-refractivity contribution in [1.82, 2.24) is 0 Å². The van der Waals surface area contributed by atoms with Crippen LogP contribution in [-0.2, 0) is 6.42 Å². The summed E-state index contributed by atoms with van der Waals surface area (Å²) in [5, 5.41) is 0.793. The first-order chi connectivity index (χ1) is 7.54. The standard InChI is InChI=1S/C13H18ClNO/c1-9-7-11(14)10(12(8-9)16-2)3-4-13(15)5-6-13/h7-8H,3-6,15H2,1-2H3. The van der Waals surface area contributed by atoms with Gasteiger partial charge in [0.05, 0.1) is 7.11 Å². The van der Waals surface area contributed by atoms with E-state index in [1.807, 2.05) is 19.1 Å². The normalized spacial score (nSPS) is 17.2. The number of hydrogen-bond donors (Lipinski definition) is 1. The van der Waals surface area contributed by atoms with Crippen LogP contribution >= 0.6 is 11.6 Å². The molecule has 1 aliphatic carbocycles. The number of benzene rings is 1. The molecule has 1 saturated carbocycles. The molecule has 1 fully saturated rings. The zero-order valence-corrected chi connectivity index (χ0v) is 10.6. The first kappa shape index (κ1) is 11.7. The fourth-order valence-corrected chi connectivity index (χ4v) is 2.31. The SMILES string of the molecule is COc1cc(C)cc(Cl)c1CCC1(N)CC1. The summed E-state index contributed by atoms with van der Waals surface area (Å²) in [6, 6.07) is 4.01. The van der Waals surface area contributed by atoms with Gasteiger partial charge in [0.1, 0.15) is 5.75 Å². The Morgan fingerprint density at radius 1 is 1.44 bits per heavy atom. The van der Waals surface area contributed by atoms with Crippen molar-refractivity contribution < 1.29 is 4.74 Å². The summed E-state index contributed by atoms with van der Waals surface area (Å²) in [5.74, 6) is 0.884. The predicted octanol–water partition coefficient (Wildman–Crippen LogP) is 3.08. The van der Waals surface area contributed by atoms with Crippen LogP contribution in [-0.4, -0.2) is 12.6 Å². The van der Waals surface area contributed by atoms with Crippen molar-refractivity contribution in [2.24, 2.45) is 5.73 Å². The van der Waals surface area contributed by atoms with E-state index in [9.17, 15) is 0 Å². The molecule has 2 nitrogen and oxygen atoms in total. The molecule has 0 radical (unpaired) electrons. The molecule has 0 unspecified atom stereocenters. The molecule has 88 valence electrons. The van der Waals surface area contributed by atoms with Crippen LogP contribution in [0.1, 0.15) is 30.4 Å². The summed E-state index contributed by atoms with van der Waals surface area (Å²) >= 11 is 6.24. The van der Waals surface area contributed by atoms with E-state index >= 15 is 0 Å². The molecule has 1 aromatic carbocycles. The molecule has 0 bridgehead atoms. The van der Waals surface area contributed by atoms with Gasteiger partial charge in [0, 0.05) is 16.1 Å². The minimum Gasteiger partial charge on any atom is -0.496 e. The molecular formula is C13H18ClNO. The molecule has 2 rings (SSSR count). The molecule has 1 aromatic rings. The van der Waals surface area contributed by atoms with Gasteiger partial charge in [-0.25, -0.2) is 0 Å². The van der Waals surface area contributed by atoms with Crippen molar-refractivity contribution in [1.29, 1.82) is 0 Å². The van der Waals surface area contributed by atoms with E-state index in [0.717, 1.165) is 47.6 Å². The first-order valence-corrected chi connectivity index (χ1v) is 6.04. The maximum absolute atomic E-state index is 6.24. The fourth-order valence-electron chi connectivity index (χ4n) is 1.95. The van der Waals surface area contributed by atoms with E-state index < -0.39 is 0 Å². The number of hydrogen-bond acceptors (Lipinski definition) is 2. The van der Waals surface area contributed by atoms with Gasteiger partial charge in [-0.2, -0.15) is 0 Å². The maximum Gasteiger partial charge on any atom is 0.123 e. The van der Waals surface area contributed by atoms with Gasteiger partial charge in [0.2, 0.25) is 0 Å². The highest BCUT2D eigenvalue weighted by molar-refractivity contribution is 6.31. The molecule has 0 heterocycles. The zero-order chi connectivity index (χ0) is 11.8. The van der Waals surface area contributed by atoms with E-state index in [2.05, 4.69) is 0 Å². The third-order valence-electron chi connectivity index (χ3n) is 3.28.